The lowest BCUT2D eigenvalue weighted by Crippen LogP contribution is -2.21. The van der Waals surface area contributed by atoms with Crippen molar-refractivity contribution in [3.8, 4) is 0 Å². The lowest BCUT2D eigenvalue weighted by atomic mass is 10.1. The molecule has 0 saturated carbocycles. The highest BCUT2D eigenvalue weighted by Crippen LogP contribution is 2.12. The van der Waals surface area contributed by atoms with Crippen LogP contribution >= 0.6 is 0 Å². The number of hydrogen-bond acceptors (Lipinski definition) is 4. The molecule has 2 rings (SSSR count). The fraction of sp³-hybridized carbons (Fsp3) is 0.385. The zero-order valence-corrected chi connectivity index (χ0v) is 10.5. The van der Waals surface area contributed by atoms with Gasteiger partial charge in [0.2, 0.25) is 5.89 Å². The van der Waals surface area contributed by atoms with Crippen molar-refractivity contribution in [2.75, 3.05) is 6.54 Å². The maximum absolute atomic E-state index is 12.8. The molecule has 0 saturated heterocycles. The maximum Gasteiger partial charge on any atom is 0.227 e. The highest BCUT2D eigenvalue weighted by molar-refractivity contribution is 5.19. The van der Waals surface area contributed by atoms with Crippen LogP contribution in [-0.4, -0.2) is 16.7 Å². The quantitative estimate of drug-likeness (QED) is 0.884. The van der Waals surface area contributed by atoms with Crippen LogP contribution < -0.4 is 5.32 Å². The van der Waals surface area contributed by atoms with E-state index in [9.17, 15) is 4.39 Å². The van der Waals surface area contributed by atoms with Crippen molar-refractivity contribution in [1.29, 1.82) is 0 Å². The van der Waals surface area contributed by atoms with Gasteiger partial charge in [-0.1, -0.05) is 17.3 Å². The first-order valence-corrected chi connectivity index (χ1v) is 5.93. The second kappa shape index (κ2) is 5.73. The summed E-state index contributed by atoms with van der Waals surface area (Å²) in [6, 6.07) is 6.66. The third-order valence-corrected chi connectivity index (χ3v) is 2.73. The van der Waals surface area contributed by atoms with Crippen LogP contribution in [0, 0.1) is 12.7 Å². The van der Waals surface area contributed by atoms with Crippen molar-refractivity contribution in [2.45, 2.75) is 26.3 Å². The molecule has 0 fully saturated rings. The van der Waals surface area contributed by atoms with Crippen molar-refractivity contribution in [3.05, 3.63) is 47.4 Å². The number of hydrogen-bond donors (Lipinski definition) is 1. The summed E-state index contributed by atoms with van der Waals surface area (Å²) in [7, 11) is 0. The van der Waals surface area contributed by atoms with Gasteiger partial charge in [-0.3, -0.25) is 0 Å². The minimum Gasteiger partial charge on any atom is -0.339 e. The number of nitrogens with zero attached hydrogens (tertiary/aromatic N) is 2. The maximum atomic E-state index is 12.8. The van der Waals surface area contributed by atoms with Gasteiger partial charge in [0.15, 0.2) is 5.82 Å². The van der Waals surface area contributed by atoms with E-state index in [1.807, 2.05) is 6.92 Å². The number of aromatic nitrogens is 2. The molecular weight excluding hydrogens is 233 g/mol. The van der Waals surface area contributed by atoms with Gasteiger partial charge in [-0.15, -0.1) is 0 Å². The smallest absolute Gasteiger partial charge is 0.227 e. The van der Waals surface area contributed by atoms with Crippen LogP contribution in [0.5, 0.6) is 0 Å². The largest absolute Gasteiger partial charge is 0.339 e. The van der Waals surface area contributed by atoms with E-state index in [2.05, 4.69) is 15.5 Å². The van der Waals surface area contributed by atoms with Crippen LogP contribution in [0.4, 0.5) is 4.39 Å². The van der Waals surface area contributed by atoms with Gasteiger partial charge >= 0.3 is 0 Å². The topological polar surface area (TPSA) is 51.0 Å². The Labute approximate surface area is 105 Å². The van der Waals surface area contributed by atoms with Crippen molar-refractivity contribution >= 4 is 0 Å². The Kier molecular flexibility index (Phi) is 4.04. The summed E-state index contributed by atoms with van der Waals surface area (Å²) >= 11 is 0. The Hall–Kier alpha value is -1.75. The van der Waals surface area contributed by atoms with Gasteiger partial charge < -0.3 is 9.84 Å². The predicted molar refractivity (Wildman–Crippen MR) is 65.6 cm³/mol. The molecule has 0 aliphatic carbocycles. The molecule has 0 spiro atoms. The molecule has 0 aliphatic rings. The lowest BCUT2D eigenvalue weighted by molar-refractivity contribution is 0.370. The van der Waals surface area contributed by atoms with Crippen molar-refractivity contribution < 1.29 is 8.91 Å². The SMILES string of the molecule is Cc1noc(CCNC(C)c2ccc(F)cc2)n1. The molecule has 1 heterocycles. The van der Waals surface area contributed by atoms with Crippen LogP contribution in [0.2, 0.25) is 0 Å². The van der Waals surface area contributed by atoms with Crippen LogP contribution in [0.15, 0.2) is 28.8 Å². The standard InChI is InChI=1S/C13H16FN3O/c1-9(11-3-5-12(14)6-4-11)15-8-7-13-16-10(2)17-18-13/h3-6,9,15H,7-8H2,1-2H3. The third-order valence-electron chi connectivity index (χ3n) is 2.73. The van der Waals surface area contributed by atoms with E-state index in [1.54, 1.807) is 19.1 Å². The Balaban J connectivity index is 1.81. The summed E-state index contributed by atoms with van der Waals surface area (Å²) in [6.45, 7) is 4.56. The molecule has 0 amide bonds. The van der Waals surface area contributed by atoms with E-state index in [0.29, 0.717) is 18.1 Å². The Morgan fingerprint density at radius 3 is 2.67 bits per heavy atom. The zero-order valence-electron chi connectivity index (χ0n) is 10.5. The summed E-state index contributed by atoms with van der Waals surface area (Å²) < 4.78 is 17.8. The van der Waals surface area contributed by atoms with Crippen molar-refractivity contribution in [3.63, 3.8) is 0 Å². The third kappa shape index (κ3) is 3.37. The van der Waals surface area contributed by atoms with Crippen LogP contribution in [0.3, 0.4) is 0 Å². The van der Waals surface area contributed by atoms with Gasteiger partial charge in [0.05, 0.1) is 0 Å². The van der Waals surface area contributed by atoms with Crippen molar-refractivity contribution in [2.24, 2.45) is 0 Å². The van der Waals surface area contributed by atoms with E-state index in [0.717, 1.165) is 12.1 Å². The van der Waals surface area contributed by atoms with Gasteiger partial charge in [0, 0.05) is 19.0 Å². The van der Waals surface area contributed by atoms with E-state index in [1.165, 1.54) is 12.1 Å². The molecule has 18 heavy (non-hydrogen) atoms. The summed E-state index contributed by atoms with van der Waals surface area (Å²) in [6.07, 6.45) is 0.687. The second-order valence-electron chi connectivity index (χ2n) is 4.21. The molecule has 1 N–H and O–H groups in total. The summed E-state index contributed by atoms with van der Waals surface area (Å²) in [4.78, 5) is 4.12. The van der Waals surface area contributed by atoms with Gasteiger partial charge in [0.25, 0.3) is 0 Å². The number of rotatable bonds is 5. The van der Waals surface area contributed by atoms with E-state index >= 15 is 0 Å². The first-order chi connectivity index (χ1) is 8.65. The molecule has 96 valence electrons. The first kappa shape index (κ1) is 12.7. The lowest BCUT2D eigenvalue weighted by Gasteiger charge is -2.13. The van der Waals surface area contributed by atoms with Crippen LogP contribution in [-0.2, 0) is 6.42 Å². The molecule has 1 aromatic carbocycles. The first-order valence-electron chi connectivity index (χ1n) is 5.93. The molecule has 1 unspecified atom stereocenters. The average Bonchev–Trinajstić information content (AvgIpc) is 2.76. The molecule has 5 heteroatoms. The van der Waals surface area contributed by atoms with Gasteiger partial charge in [-0.05, 0) is 31.5 Å². The molecule has 1 atom stereocenters. The summed E-state index contributed by atoms with van der Waals surface area (Å²) in [5, 5.41) is 7.05. The minimum atomic E-state index is -0.215. The van der Waals surface area contributed by atoms with Crippen molar-refractivity contribution in [1.82, 2.24) is 15.5 Å². The summed E-state index contributed by atoms with van der Waals surface area (Å²) in [5.74, 6) is 1.06. The van der Waals surface area contributed by atoms with E-state index < -0.39 is 0 Å². The highest BCUT2D eigenvalue weighted by Gasteiger charge is 2.06. The molecule has 0 bridgehead atoms. The number of halogens is 1. The van der Waals surface area contributed by atoms with Gasteiger partial charge in [0.1, 0.15) is 5.82 Å². The zero-order chi connectivity index (χ0) is 13.0. The number of benzene rings is 1. The fourth-order valence-corrected chi connectivity index (χ4v) is 1.71. The molecular formula is C13H16FN3O. The Morgan fingerprint density at radius 2 is 2.06 bits per heavy atom. The molecule has 0 aliphatic heterocycles. The van der Waals surface area contributed by atoms with Crippen LogP contribution in [0.25, 0.3) is 0 Å². The summed E-state index contributed by atoms with van der Waals surface area (Å²) in [5.41, 5.74) is 1.05. The normalized spacial score (nSPS) is 12.6. The Morgan fingerprint density at radius 1 is 1.33 bits per heavy atom. The highest BCUT2D eigenvalue weighted by atomic mass is 19.1. The van der Waals surface area contributed by atoms with Gasteiger partial charge in [-0.2, -0.15) is 4.98 Å². The molecule has 4 nitrogen and oxygen atoms in total. The number of aryl methyl sites for hydroxylation is 1. The second-order valence-corrected chi connectivity index (χ2v) is 4.21. The number of nitrogens with one attached hydrogen (secondary N) is 1. The molecule has 1 aromatic heterocycles. The Bertz CT molecular complexity index is 495. The molecule has 2 aromatic rings. The van der Waals surface area contributed by atoms with E-state index in [-0.39, 0.29) is 11.9 Å². The average molecular weight is 249 g/mol. The fourth-order valence-electron chi connectivity index (χ4n) is 1.71. The molecule has 0 radical (unpaired) electrons. The van der Waals surface area contributed by atoms with Gasteiger partial charge in [-0.25, -0.2) is 4.39 Å². The monoisotopic (exact) mass is 249 g/mol. The minimum absolute atomic E-state index is 0.162. The van der Waals surface area contributed by atoms with E-state index in [4.69, 9.17) is 4.52 Å². The van der Waals surface area contributed by atoms with Crippen LogP contribution in [0.1, 0.15) is 30.2 Å². The predicted octanol–water partition coefficient (Wildman–Crippen LogP) is 2.41.